The number of amides is 1. The largest absolute Gasteiger partial charge is 0.342 e. The Balaban J connectivity index is 1.71. The number of hydrogen-bond donors (Lipinski definition) is 1. The molecule has 0 aliphatic heterocycles. The summed E-state index contributed by atoms with van der Waals surface area (Å²) in [5, 5.41) is 5.34. The maximum absolute atomic E-state index is 13.8. The van der Waals surface area contributed by atoms with Gasteiger partial charge in [0.2, 0.25) is 0 Å². The quantitative estimate of drug-likeness (QED) is 0.763. The summed E-state index contributed by atoms with van der Waals surface area (Å²) in [7, 11) is 0. The van der Waals surface area contributed by atoms with Crippen molar-refractivity contribution in [3.05, 3.63) is 83.7 Å². The van der Waals surface area contributed by atoms with E-state index in [1.165, 1.54) is 12.1 Å². The molecule has 3 heteroatoms. The zero-order valence-corrected chi connectivity index (χ0v) is 12.6. The third kappa shape index (κ3) is 2.38. The second-order valence-corrected chi connectivity index (χ2v) is 6.04. The van der Waals surface area contributed by atoms with Crippen LogP contribution in [0.4, 0.5) is 4.39 Å². The van der Waals surface area contributed by atoms with Crippen LogP contribution in [0, 0.1) is 5.82 Å². The van der Waals surface area contributed by atoms with Gasteiger partial charge in [0.1, 0.15) is 5.82 Å². The number of nitrogens with one attached hydrogen (secondary N) is 1. The van der Waals surface area contributed by atoms with Crippen LogP contribution in [0.3, 0.4) is 0 Å². The summed E-state index contributed by atoms with van der Waals surface area (Å²) in [6.45, 7) is 0. The number of halogens is 1. The van der Waals surface area contributed by atoms with Crippen molar-refractivity contribution in [2.24, 2.45) is 0 Å². The highest BCUT2D eigenvalue weighted by Gasteiger charge is 2.46. The van der Waals surface area contributed by atoms with Gasteiger partial charge in [-0.15, -0.1) is 0 Å². The summed E-state index contributed by atoms with van der Waals surface area (Å²) < 4.78 is 13.8. The number of benzene rings is 3. The maximum atomic E-state index is 13.8. The SMILES string of the molecule is O=C(NC1(c2cccc3ccccc23)CC1)c1ccccc1F. The summed E-state index contributed by atoms with van der Waals surface area (Å²) >= 11 is 0. The molecule has 1 fully saturated rings. The molecule has 3 aromatic rings. The van der Waals surface area contributed by atoms with E-state index >= 15 is 0 Å². The van der Waals surface area contributed by atoms with Crippen LogP contribution >= 0.6 is 0 Å². The van der Waals surface area contributed by atoms with Gasteiger partial charge in [0.15, 0.2) is 0 Å². The molecular weight excluding hydrogens is 289 g/mol. The molecule has 0 heterocycles. The normalized spacial score (nSPS) is 15.3. The second kappa shape index (κ2) is 5.20. The average Bonchev–Trinajstić information content (AvgIpc) is 3.35. The molecule has 4 rings (SSSR count). The van der Waals surface area contributed by atoms with Gasteiger partial charge in [-0.1, -0.05) is 54.6 Å². The van der Waals surface area contributed by atoms with Gasteiger partial charge in [-0.2, -0.15) is 0 Å². The Hall–Kier alpha value is -2.68. The molecule has 1 saturated carbocycles. The zero-order chi connectivity index (χ0) is 15.9. The van der Waals surface area contributed by atoms with Gasteiger partial charge in [-0.05, 0) is 41.3 Å². The third-order valence-electron chi connectivity index (χ3n) is 4.53. The molecule has 0 spiro atoms. The molecule has 0 saturated heterocycles. The second-order valence-electron chi connectivity index (χ2n) is 6.04. The van der Waals surface area contributed by atoms with Crippen molar-refractivity contribution in [1.29, 1.82) is 0 Å². The molecule has 0 unspecified atom stereocenters. The molecule has 1 aliphatic carbocycles. The first-order valence-corrected chi connectivity index (χ1v) is 7.75. The van der Waals surface area contributed by atoms with E-state index in [1.54, 1.807) is 12.1 Å². The van der Waals surface area contributed by atoms with Crippen molar-refractivity contribution in [2.75, 3.05) is 0 Å². The van der Waals surface area contributed by atoms with Crippen molar-refractivity contribution in [3.8, 4) is 0 Å². The van der Waals surface area contributed by atoms with E-state index in [0.717, 1.165) is 29.2 Å². The molecule has 0 aromatic heterocycles. The number of fused-ring (bicyclic) bond motifs is 1. The van der Waals surface area contributed by atoms with Crippen LogP contribution in [0.15, 0.2) is 66.7 Å². The Kier molecular flexibility index (Phi) is 3.15. The minimum atomic E-state index is -0.487. The number of carbonyl (C=O) groups excluding carboxylic acids is 1. The predicted octanol–water partition coefficient (Wildman–Crippen LogP) is 4.40. The molecular formula is C20H16FNO. The number of rotatable bonds is 3. The van der Waals surface area contributed by atoms with Crippen molar-refractivity contribution in [2.45, 2.75) is 18.4 Å². The van der Waals surface area contributed by atoms with Crippen LogP contribution in [0.2, 0.25) is 0 Å². The minimum Gasteiger partial charge on any atom is -0.342 e. The van der Waals surface area contributed by atoms with Gasteiger partial charge in [-0.3, -0.25) is 4.79 Å². The van der Waals surface area contributed by atoms with Gasteiger partial charge in [0.05, 0.1) is 11.1 Å². The molecule has 0 radical (unpaired) electrons. The van der Waals surface area contributed by atoms with Crippen molar-refractivity contribution in [3.63, 3.8) is 0 Å². The molecule has 1 aliphatic rings. The molecule has 0 atom stereocenters. The maximum Gasteiger partial charge on any atom is 0.254 e. The molecule has 0 bridgehead atoms. The van der Waals surface area contributed by atoms with E-state index in [1.807, 2.05) is 18.2 Å². The lowest BCUT2D eigenvalue weighted by molar-refractivity contribution is 0.0927. The monoisotopic (exact) mass is 305 g/mol. The highest BCUT2D eigenvalue weighted by molar-refractivity contribution is 5.96. The van der Waals surface area contributed by atoms with E-state index < -0.39 is 5.82 Å². The predicted molar refractivity (Wildman–Crippen MR) is 88.7 cm³/mol. The Morgan fingerprint density at radius 3 is 2.39 bits per heavy atom. The van der Waals surface area contributed by atoms with E-state index in [4.69, 9.17) is 0 Å². The lowest BCUT2D eigenvalue weighted by Gasteiger charge is -2.20. The molecule has 1 amide bonds. The fourth-order valence-corrected chi connectivity index (χ4v) is 3.16. The summed E-state index contributed by atoms with van der Waals surface area (Å²) in [6, 6.07) is 20.4. The Bertz CT molecular complexity index is 894. The lowest BCUT2D eigenvalue weighted by Crippen LogP contribution is -2.35. The summed E-state index contributed by atoms with van der Waals surface area (Å²) in [5.41, 5.74) is 0.833. The third-order valence-corrected chi connectivity index (χ3v) is 4.53. The molecule has 23 heavy (non-hydrogen) atoms. The molecule has 2 nitrogen and oxygen atoms in total. The molecule has 1 N–H and O–H groups in total. The van der Waals surface area contributed by atoms with Crippen LogP contribution in [0.1, 0.15) is 28.8 Å². The first kappa shape index (κ1) is 13.9. The van der Waals surface area contributed by atoms with E-state index in [0.29, 0.717) is 0 Å². The van der Waals surface area contributed by atoms with E-state index in [-0.39, 0.29) is 17.0 Å². The van der Waals surface area contributed by atoms with E-state index in [9.17, 15) is 9.18 Å². The summed E-state index contributed by atoms with van der Waals surface area (Å²) in [5.74, 6) is -0.841. The molecule has 3 aromatic carbocycles. The lowest BCUT2D eigenvalue weighted by atomic mass is 9.96. The van der Waals surface area contributed by atoms with Gasteiger partial charge in [0, 0.05) is 0 Å². The van der Waals surface area contributed by atoms with Crippen LogP contribution in [0.25, 0.3) is 10.8 Å². The van der Waals surface area contributed by atoms with Crippen molar-refractivity contribution >= 4 is 16.7 Å². The van der Waals surface area contributed by atoms with Gasteiger partial charge < -0.3 is 5.32 Å². The Labute approximate surface area is 134 Å². The average molecular weight is 305 g/mol. The fourth-order valence-electron chi connectivity index (χ4n) is 3.16. The smallest absolute Gasteiger partial charge is 0.254 e. The number of carbonyl (C=O) groups is 1. The van der Waals surface area contributed by atoms with Crippen LogP contribution < -0.4 is 5.32 Å². The fraction of sp³-hybridized carbons (Fsp3) is 0.150. The highest BCUT2D eigenvalue weighted by Crippen LogP contribution is 2.48. The van der Waals surface area contributed by atoms with Gasteiger partial charge in [-0.25, -0.2) is 4.39 Å². The van der Waals surface area contributed by atoms with Gasteiger partial charge in [0.25, 0.3) is 5.91 Å². The van der Waals surface area contributed by atoms with Gasteiger partial charge >= 0.3 is 0 Å². The van der Waals surface area contributed by atoms with Crippen LogP contribution in [0.5, 0.6) is 0 Å². The zero-order valence-electron chi connectivity index (χ0n) is 12.6. The van der Waals surface area contributed by atoms with Crippen molar-refractivity contribution in [1.82, 2.24) is 5.32 Å². The first-order chi connectivity index (χ1) is 11.2. The van der Waals surface area contributed by atoms with Crippen molar-refractivity contribution < 1.29 is 9.18 Å². The molecule has 114 valence electrons. The van der Waals surface area contributed by atoms with Crippen LogP contribution in [-0.2, 0) is 5.54 Å². The Morgan fingerprint density at radius 2 is 1.61 bits per heavy atom. The summed E-state index contributed by atoms with van der Waals surface area (Å²) in [4.78, 5) is 12.5. The summed E-state index contributed by atoms with van der Waals surface area (Å²) in [6.07, 6.45) is 1.75. The highest BCUT2D eigenvalue weighted by atomic mass is 19.1. The minimum absolute atomic E-state index is 0.0963. The first-order valence-electron chi connectivity index (χ1n) is 7.75. The van der Waals surface area contributed by atoms with Crippen LogP contribution in [-0.4, -0.2) is 5.91 Å². The number of hydrogen-bond acceptors (Lipinski definition) is 1. The standard InChI is InChI=1S/C20H16FNO/c21-18-11-4-3-9-16(18)19(23)22-20(12-13-20)17-10-5-7-14-6-1-2-8-15(14)17/h1-11H,12-13H2,(H,22,23). The van der Waals surface area contributed by atoms with E-state index in [2.05, 4.69) is 29.6 Å². The topological polar surface area (TPSA) is 29.1 Å². The Morgan fingerprint density at radius 1 is 0.913 bits per heavy atom.